The molecule has 0 radical (unpaired) electrons. The molecule has 0 N–H and O–H groups in total. The van der Waals surface area contributed by atoms with Crippen LogP contribution in [0.2, 0.25) is 0 Å². The van der Waals surface area contributed by atoms with E-state index >= 15 is 0 Å². The van der Waals surface area contributed by atoms with E-state index in [1.54, 1.807) is 120 Å². The number of methoxy groups -OCH3 is 2. The highest BCUT2D eigenvalue weighted by Crippen LogP contribution is 2.65. The van der Waals surface area contributed by atoms with Crippen molar-refractivity contribution in [2.45, 2.75) is 38.9 Å². The van der Waals surface area contributed by atoms with Gasteiger partial charge < -0.3 is 18.9 Å². The maximum absolute atomic E-state index is 13.8. The first-order valence-corrected chi connectivity index (χ1v) is 27.0. The number of hydrogen-bond acceptors (Lipinski definition) is 14. The van der Waals surface area contributed by atoms with E-state index < -0.39 is 11.2 Å². The van der Waals surface area contributed by atoms with Gasteiger partial charge in [-0.05, 0) is 75.2 Å². The van der Waals surface area contributed by atoms with Crippen molar-refractivity contribution in [3.05, 3.63) is 161 Å². The van der Waals surface area contributed by atoms with Crippen molar-refractivity contribution in [1.82, 2.24) is 0 Å². The van der Waals surface area contributed by atoms with Crippen molar-refractivity contribution in [2.75, 3.05) is 14.2 Å². The average molecular weight is 1050 g/mol. The molecule has 6 aromatic heterocycles. The lowest BCUT2D eigenvalue weighted by Crippen LogP contribution is -2.27. The summed E-state index contributed by atoms with van der Waals surface area (Å²) in [5.41, 5.74) is 3.86. The number of Topliss-reactive ketones (excluding diaryl/α,β-unsaturated/α-hetero) is 2. The first-order chi connectivity index (χ1) is 34.7. The quantitative estimate of drug-likeness (QED) is 0.0915. The summed E-state index contributed by atoms with van der Waals surface area (Å²) in [7, 11) is 3.25. The van der Waals surface area contributed by atoms with Crippen LogP contribution < -0.4 is 18.9 Å². The molecule has 10 nitrogen and oxygen atoms in total. The number of carbonyl (C=O) groups excluding carboxylic acids is 2. The second-order valence-corrected chi connectivity index (χ2v) is 24.3. The molecule has 8 heterocycles. The molecule has 2 aliphatic carbocycles. The van der Waals surface area contributed by atoms with Crippen LogP contribution in [0, 0.1) is 35.8 Å². The Morgan fingerprint density at radius 2 is 0.958 bits per heavy atom. The number of hydrogen-bond donors (Lipinski definition) is 0. The predicted molar refractivity (Wildman–Crippen MR) is 289 cm³/mol. The maximum atomic E-state index is 13.8. The summed E-state index contributed by atoms with van der Waals surface area (Å²) in [5, 5.41) is 19.8. The number of rotatable bonds is 6. The van der Waals surface area contributed by atoms with E-state index in [1.165, 1.54) is 22.7 Å². The van der Waals surface area contributed by atoms with Crippen LogP contribution in [0.15, 0.2) is 95.3 Å². The van der Waals surface area contributed by atoms with Crippen LogP contribution >= 0.6 is 68.0 Å². The molecule has 8 aromatic rings. The van der Waals surface area contributed by atoms with Crippen LogP contribution in [0.25, 0.3) is 81.4 Å². The average Bonchev–Trinajstić information content (AvgIpc) is 4.26. The van der Waals surface area contributed by atoms with Gasteiger partial charge in [0, 0.05) is 64.1 Å². The van der Waals surface area contributed by atoms with Crippen LogP contribution in [0.3, 0.4) is 0 Å². The molecule has 0 unspecified atom stereocenters. The van der Waals surface area contributed by atoms with Gasteiger partial charge >= 0.3 is 0 Å². The summed E-state index contributed by atoms with van der Waals surface area (Å²) in [4.78, 5) is 44.0. The molecule has 72 heavy (non-hydrogen) atoms. The number of nitriles is 2. The predicted octanol–water partition coefficient (Wildman–Crippen LogP) is 16.0. The van der Waals surface area contributed by atoms with Crippen molar-refractivity contribution in [2.24, 2.45) is 0 Å². The number of fused-ring (bicyclic) bond motifs is 11. The van der Waals surface area contributed by atoms with E-state index in [-0.39, 0.29) is 23.0 Å². The van der Waals surface area contributed by atoms with Gasteiger partial charge in [0.05, 0.1) is 78.2 Å². The van der Waals surface area contributed by atoms with E-state index in [0.717, 1.165) is 80.8 Å². The van der Waals surface area contributed by atoms with Crippen molar-refractivity contribution >= 4 is 112 Å². The smallest absolute Gasteiger partial charge is 0.270 e. The highest BCUT2D eigenvalue weighted by molar-refractivity contribution is 7.35. The summed E-state index contributed by atoms with van der Waals surface area (Å²) in [6.07, 6.45) is 3.53. The lowest BCUT2D eigenvalue weighted by atomic mass is 9.94. The van der Waals surface area contributed by atoms with Crippen LogP contribution in [0.5, 0.6) is 23.0 Å². The summed E-state index contributed by atoms with van der Waals surface area (Å²) >= 11 is 9.63. The van der Waals surface area contributed by atoms with E-state index in [4.69, 9.17) is 32.1 Å². The molecule has 0 atom stereocenters. The molecular formula is C56H32N4O6S6. The summed E-state index contributed by atoms with van der Waals surface area (Å²) in [6.45, 7) is 23.7. The number of carbonyl (C=O) groups is 2. The molecule has 0 saturated carbocycles. The van der Waals surface area contributed by atoms with E-state index in [0.29, 0.717) is 56.0 Å². The van der Waals surface area contributed by atoms with E-state index in [9.17, 15) is 20.1 Å². The third kappa shape index (κ3) is 6.62. The number of ether oxygens (including phenoxy) is 4. The van der Waals surface area contributed by atoms with E-state index in [1.807, 2.05) is 24.3 Å². The maximum Gasteiger partial charge on any atom is 0.270 e. The third-order valence-corrected chi connectivity index (χ3v) is 20.6. The Labute approximate surface area is 436 Å². The second-order valence-electron chi connectivity index (χ2n) is 18.0. The number of thiophene rings is 6. The fourth-order valence-electron chi connectivity index (χ4n) is 9.76. The van der Waals surface area contributed by atoms with Gasteiger partial charge in [0.1, 0.15) is 22.7 Å². The SMILES string of the molecule is [C-]#[N+]/C(C#N)=C1\C(=C\c2cc(OC)c(-c3cc4c(s3)-c3sc5c6c(sc5c3OC4(C)C)-c3sc(-c4sc(/C=C5\C(=O)c7ccccc7\C5=C(\C#N)[N+]#[C-])cc4OC)cc3C(C)(C)O6)s2)C(=O)c2ccccc21. The number of allylic oxidation sites excluding steroid dienone is 6. The molecular weight excluding hydrogens is 1020 g/mol. The molecule has 348 valence electrons. The Balaban J connectivity index is 0.917. The van der Waals surface area contributed by atoms with Gasteiger partial charge in [-0.1, -0.05) is 48.5 Å². The first kappa shape index (κ1) is 45.5. The van der Waals surface area contributed by atoms with Gasteiger partial charge in [0.15, 0.2) is 23.1 Å². The molecule has 16 heteroatoms. The van der Waals surface area contributed by atoms with Crippen LogP contribution in [-0.2, 0) is 11.2 Å². The lowest BCUT2D eigenvalue weighted by Gasteiger charge is -2.31. The molecule has 0 amide bonds. The van der Waals surface area contributed by atoms with Crippen molar-refractivity contribution in [1.29, 1.82) is 10.5 Å². The topological polar surface area (TPSA) is 127 Å². The molecule has 0 spiro atoms. The van der Waals surface area contributed by atoms with Gasteiger partial charge in [-0.15, -0.1) is 68.0 Å². The van der Waals surface area contributed by atoms with Gasteiger partial charge in [-0.3, -0.25) is 9.59 Å². The van der Waals surface area contributed by atoms with Crippen molar-refractivity contribution < 1.29 is 28.5 Å². The molecule has 0 saturated heterocycles. The van der Waals surface area contributed by atoms with Gasteiger partial charge in [-0.25, -0.2) is 20.2 Å². The fourth-order valence-corrected chi connectivity index (χ4v) is 17.6. The highest BCUT2D eigenvalue weighted by Gasteiger charge is 2.43. The number of ketones is 2. The minimum atomic E-state index is -0.696. The minimum absolute atomic E-state index is 0.128. The molecule has 0 bridgehead atoms. The number of benzene rings is 2. The third-order valence-electron chi connectivity index (χ3n) is 13.0. The fraction of sp³-hybridized carbons (Fsp3) is 0.143. The van der Waals surface area contributed by atoms with E-state index in [2.05, 4.69) is 49.5 Å². The summed E-state index contributed by atoms with van der Waals surface area (Å²) < 4.78 is 28.0. The standard InChI is InChI=1S/C56H32N4O6S6/c1-55(2)33-21-39(49-37(63-7)19-25(67-49)17-31-41(35(23-57)59-5)27-13-9-11-15-29(27)43(31)61)69-47(33)51-45(65-55)53-54(71-51)46-52(72-53)48-34(56(3,4)66-46)22-40(70-48)50-38(64-8)20-26(68-50)18-32-42(36(24-58)60-6)28-14-10-12-16-30(28)44(32)62/h9-22H,1-4,7-8H3/b31-17-,32-18-,41-35-,42-36+. The molecule has 2 aliphatic heterocycles. The van der Waals surface area contributed by atoms with Gasteiger partial charge in [-0.2, -0.15) is 0 Å². The Hall–Kier alpha value is -7.64. The molecule has 12 rings (SSSR count). The van der Waals surface area contributed by atoms with Crippen LogP contribution in [-0.4, -0.2) is 25.8 Å². The van der Waals surface area contributed by atoms with Crippen molar-refractivity contribution in [3.8, 4) is 74.2 Å². The molecule has 2 aromatic carbocycles. The van der Waals surface area contributed by atoms with Crippen LogP contribution in [0.1, 0.15) is 80.4 Å². The zero-order chi connectivity index (χ0) is 50.1. The zero-order valence-corrected chi connectivity index (χ0v) is 43.7. The first-order valence-electron chi connectivity index (χ1n) is 22.1. The normalized spacial score (nSPS) is 17.9. The van der Waals surface area contributed by atoms with Crippen molar-refractivity contribution in [3.63, 3.8) is 0 Å². The van der Waals surface area contributed by atoms with Gasteiger partial charge in [0.2, 0.25) is 0 Å². The monoisotopic (exact) mass is 1050 g/mol. The lowest BCUT2D eigenvalue weighted by molar-refractivity contribution is 0.103. The highest BCUT2D eigenvalue weighted by atomic mass is 32.1. The largest absolute Gasteiger partial charge is 0.495 e. The Morgan fingerprint density at radius 3 is 1.32 bits per heavy atom. The summed E-state index contributed by atoms with van der Waals surface area (Å²) in [6, 6.07) is 26.3. The zero-order valence-electron chi connectivity index (χ0n) is 38.8. The number of nitrogens with zero attached hydrogens (tertiary/aromatic N) is 4. The Kier molecular flexibility index (Phi) is 10.4. The Morgan fingerprint density at radius 1 is 0.569 bits per heavy atom. The van der Waals surface area contributed by atoms with Crippen LogP contribution in [0.4, 0.5) is 0 Å². The molecule has 0 fully saturated rings. The summed E-state index contributed by atoms with van der Waals surface area (Å²) in [5.74, 6) is 2.47. The van der Waals surface area contributed by atoms with Gasteiger partial charge in [0.25, 0.3) is 11.4 Å². The second kappa shape index (κ2) is 16.5. The molecule has 4 aliphatic rings. The Bertz CT molecular complexity index is 3830. The minimum Gasteiger partial charge on any atom is -0.495 e.